The number of urea groups is 1. The fourth-order valence-electron chi connectivity index (χ4n) is 1.12. The number of amides is 3. The van der Waals surface area contributed by atoms with Crippen LogP contribution in [-0.4, -0.2) is 25.0 Å². The highest BCUT2D eigenvalue weighted by atomic mass is 35.5. The average Bonchev–Trinajstić information content (AvgIpc) is 2.27. The van der Waals surface area contributed by atoms with E-state index in [-0.39, 0.29) is 11.9 Å². The second-order valence-electron chi connectivity index (χ2n) is 3.37. The predicted molar refractivity (Wildman–Crippen MR) is 67.2 cm³/mol. The first-order chi connectivity index (χ1) is 8.08. The molecule has 0 bridgehead atoms. The predicted octanol–water partition coefficient (Wildman–Crippen LogP) is 1.60. The zero-order valence-electron chi connectivity index (χ0n) is 9.42. The highest BCUT2D eigenvalue weighted by Crippen LogP contribution is 2.12. The van der Waals surface area contributed by atoms with Crippen molar-refractivity contribution in [3.63, 3.8) is 0 Å². The lowest BCUT2D eigenvalue weighted by Gasteiger charge is -2.07. The standard InChI is InChI=1S/C11H14ClN3O2/c1-8(16)13-6-7-14-11(17)15-10-4-2-9(12)3-5-10/h2-5H,6-7H2,1H3,(H,13,16)(H2,14,15,17). The third kappa shape index (κ3) is 5.77. The number of nitrogens with one attached hydrogen (secondary N) is 3. The maximum Gasteiger partial charge on any atom is 0.319 e. The van der Waals surface area contributed by atoms with Gasteiger partial charge in [-0.3, -0.25) is 4.79 Å². The summed E-state index contributed by atoms with van der Waals surface area (Å²) in [5.74, 6) is -0.120. The Labute approximate surface area is 105 Å². The summed E-state index contributed by atoms with van der Waals surface area (Å²) in [6.45, 7) is 2.20. The van der Waals surface area contributed by atoms with Gasteiger partial charge in [-0.25, -0.2) is 4.79 Å². The molecule has 0 fully saturated rings. The second-order valence-corrected chi connectivity index (χ2v) is 3.81. The molecule has 3 amide bonds. The molecule has 17 heavy (non-hydrogen) atoms. The molecular formula is C11H14ClN3O2. The number of hydrogen-bond donors (Lipinski definition) is 3. The summed E-state index contributed by atoms with van der Waals surface area (Å²) in [6, 6.07) is 6.46. The van der Waals surface area contributed by atoms with Crippen LogP contribution < -0.4 is 16.0 Å². The number of halogens is 1. The van der Waals surface area contributed by atoms with E-state index in [0.717, 1.165) is 0 Å². The van der Waals surface area contributed by atoms with Crippen molar-refractivity contribution < 1.29 is 9.59 Å². The maximum atomic E-state index is 11.4. The minimum atomic E-state index is -0.322. The number of rotatable bonds is 4. The maximum absolute atomic E-state index is 11.4. The Morgan fingerprint density at radius 2 is 1.71 bits per heavy atom. The van der Waals surface area contributed by atoms with Gasteiger partial charge in [0.25, 0.3) is 0 Å². The molecule has 92 valence electrons. The van der Waals surface area contributed by atoms with Gasteiger partial charge in [-0.1, -0.05) is 11.6 Å². The lowest BCUT2D eigenvalue weighted by Crippen LogP contribution is -2.36. The SMILES string of the molecule is CC(=O)NCCNC(=O)Nc1ccc(Cl)cc1. The number of carbonyl (C=O) groups is 2. The van der Waals surface area contributed by atoms with E-state index in [4.69, 9.17) is 11.6 Å². The summed E-state index contributed by atoms with van der Waals surface area (Å²) in [6.07, 6.45) is 0. The molecule has 1 aromatic rings. The van der Waals surface area contributed by atoms with Crippen LogP contribution in [0.1, 0.15) is 6.92 Å². The summed E-state index contributed by atoms with van der Waals surface area (Å²) in [4.78, 5) is 21.9. The largest absolute Gasteiger partial charge is 0.355 e. The van der Waals surface area contributed by atoms with Crippen LogP contribution in [0.5, 0.6) is 0 Å². The highest BCUT2D eigenvalue weighted by Gasteiger charge is 2.00. The van der Waals surface area contributed by atoms with Gasteiger partial charge in [0.15, 0.2) is 0 Å². The molecule has 1 aromatic carbocycles. The topological polar surface area (TPSA) is 70.2 Å². The van der Waals surface area contributed by atoms with E-state index < -0.39 is 0 Å². The van der Waals surface area contributed by atoms with Gasteiger partial charge in [-0.2, -0.15) is 0 Å². The van der Waals surface area contributed by atoms with E-state index >= 15 is 0 Å². The molecule has 5 nitrogen and oxygen atoms in total. The third-order valence-corrected chi connectivity index (χ3v) is 2.14. The summed E-state index contributed by atoms with van der Waals surface area (Å²) >= 11 is 5.71. The Morgan fingerprint density at radius 3 is 2.29 bits per heavy atom. The van der Waals surface area contributed by atoms with E-state index in [1.807, 2.05) is 0 Å². The minimum absolute atomic E-state index is 0.120. The first kappa shape index (κ1) is 13.3. The van der Waals surface area contributed by atoms with Crippen molar-refractivity contribution in [2.45, 2.75) is 6.92 Å². The summed E-state index contributed by atoms with van der Waals surface area (Å²) < 4.78 is 0. The fraction of sp³-hybridized carbons (Fsp3) is 0.273. The summed E-state index contributed by atoms with van der Waals surface area (Å²) in [5.41, 5.74) is 0.659. The van der Waals surface area contributed by atoms with Gasteiger partial charge in [0.05, 0.1) is 0 Å². The van der Waals surface area contributed by atoms with Crippen LogP contribution in [-0.2, 0) is 4.79 Å². The number of anilines is 1. The van der Waals surface area contributed by atoms with Crippen molar-refractivity contribution in [3.05, 3.63) is 29.3 Å². The van der Waals surface area contributed by atoms with Crippen molar-refractivity contribution in [2.75, 3.05) is 18.4 Å². The van der Waals surface area contributed by atoms with E-state index in [0.29, 0.717) is 23.8 Å². The van der Waals surface area contributed by atoms with Gasteiger partial charge < -0.3 is 16.0 Å². The Hall–Kier alpha value is -1.75. The van der Waals surface area contributed by atoms with Crippen LogP contribution in [0.2, 0.25) is 5.02 Å². The van der Waals surface area contributed by atoms with E-state index in [1.54, 1.807) is 24.3 Å². The van der Waals surface area contributed by atoms with Crippen LogP contribution in [0.4, 0.5) is 10.5 Å². The normalized spacial score (nSPS) is 9.53. The number of carbonyl (C=O) groups excluding carboxylic acids is 2. The van der Waals surface area contributed by atoms with Gasteiger partial charge in [0, 0.05) is 30.7 Å². The van der Waals surface area contributed by atoms with Crippen LogP contribution >= 0.6 is 11.6 Å². The van der Waals surface area contributed by atoms with Gasteiger partial charge in [0.1, 0.15) is 0 Å². The Morgan fingerprint density at radius 1 is 1.12 bits per heavy atom. The van der Waals surface area contributed by atoms with Crippen LogP contribution in [0, 0.1) is 0 Å². The summed E-state index contributed by atoms with van der Waals surface area (Å²) in [5, 5.41) is 8.43. The van der Waals surface area contributed by atoms with Gasteiger partial charge >= 0.3 is 6.03 Å². The van der Waals surface area contributed by atoms with Crippen molar-refractivity contribution in [2.24, 2.45) is 0 Å². The molecule has 0 unspecified atom stereocenters. The zero-order chi connectivity index (χ0) is 12.7. The lowest BCUT2D eigenvalue weighted by atomic mass is 10.3. The van der Waals surface area contributed by atoms with E-state index in [9.17, 15) is 9.59 Å². The smallest absolute Gasteiger partial charge is 0.319 e. The van der Waals surface area contributed by atoms with Gasteiger partial charge in [-0.05, 0) is 24.3 Å². The first-order valence-corrected chi connectivity index (χ1v) is 5.50. The van der Waals surface area contributed by atoms with Gasteiger partial charge in [0.2, 0.25) is 5.91 Å². The fourth-order valence-corrected chi connectivity index (χ4v) is 1.25. The van der Waals surface area contributed by atoms with Crippen molar-refractivity contribution in [3.8, 4) is 0 Å². The van der Waals surface area contributed by atoms with Crippen LogP contribution in [0.25, 0.3) is 0 Å². The molecule has 0 atom stereocenters. The van der Waals surface area contributed by atoms with E-state index in [2.05, 4.69) is 16.0 Å². The van der Waals surface area contributed by atoms with Crippen molar-refractivity contribution in [1.82, 2.24) is 10.6 Å². The van der Waals surface area contributed by atoms with E-state index in [1.165, 1.54) is 6.92 Å². The van der Waals surface area contributed by atoms with Crippen molar-refractivity contribution >= 4 is 29.2 Å². The van der Waals surface area contributed by atoms with Crippen LogP contribution in [0.3, 0.4) is 0 Å². The molecule has 0 radical (unpaired) electrons. The Bertz CT molecular complexity index is 392. The number of benzene rings is 1. The number of hydrogen-bond acceptors (Lipinski definition) is 2. The lowest BCUT2D eigenvalue weighted by molar-refractivity contribution is -0.118. The molecule has 0 heterocycles. The molecule has 0 aliphatic rings. The molecule has 0 spiro atoms. The minimum Gasteiger partial charge on any atom is -0.355 e. The van der Waals surface area contributed by atoms with Crippen molar-refractivity contribution in [1.29, 1.82) is 0 Å². The summed E-state index contributed by atoms with van der Waals surface area (Å²) in [7, 11) is 0. The third-order valence-electron chi connectivity index (χ3n) is 1.89. The molecule has 6 heteroatoms. The second kappa shape index (κ2) is 6.75. The Balaban J connectivity index is 2.25. The zero-order valence-corrected chi connectivity index (χ0v) is 10.2. The molecule has 0 aliphatic heterocycles. The molecule has 0 saturated heterocycles. The quantitative estimate of drug-likeness (QED) is 0.715. The van der Waals surface area contributed by atoms with Gasteiger partial charge in [-0.15, -0.1) is 0 Å². The molecule has 0 saturated carbocycles. The molecule has 1 rings (SSSR count). The Kier molecular flexibility index (Phi) is 5.29. The molecule has 0 aliphatic carbocycles. The molecular weight excluding hydrogens is 242 g/mol. The van der Waals surface area contributed by atoms with Crippen LogP contribution in [0.15, 0.2) is 24.3 Å². The monoisotopic (exact) mass is 255 g/mol. The molecule has 0 aromatic heterocycles. The molecule has 3 N–H and O–H groups in total. The highest BCUT2D eigenvalue weighted by molar-refractivity contribution is 6.30. The average molecular weight is 256 g/mol. The first-order valence-electron chi connectivity index (χ1n) is 5.13.